The second kappa shape index (κ2) is 10.1. The van der Waals surface area contributed by atoms with Gasteiger partial charge in [-0.1, -0.05) is 60.7 Å². The molecule has 4 aromatic rings. The maximum Gasteiger partial charge on any atom is 0.271 e. The standard InChI is InChI=1S/C29H27N3O3S/c33-28(24-19-36-29(31-24)27-18-34-25-12-3-4-13-26(25)35-27)30-15-20-7-6-14-32(16-20)17-22-10-5-9-21-8-1-2-11-23(21)22/h1-5,7-13,19,27H,6,14-18H2,(H,30,33). The molecule has 1 amide bonds. The van der Waals surface area contributed by atoms with Crippen LogP contribution in [0.5, 0.6) is 11.5 Å². The Morgan fingerprint density at radius 1 is 1.06 bits per heavy atom. The molecule has 0 saturated carbocycles. The van der Waals surface area contributed by atoms with E-state index in [2.05, 4.69) is 63.7 Å². The van der Waals surface area contributed by atoms with Crippen LogP contribution >= 0.6 is 11.3 Å². The molecule has 1 unspecified atom stereocenters. The van der Waals surface area contributed by atoms with E-state index in [9.17, 15) is 4.79 Å². The zero-order valence-corrected chi connectivity index (χ0v) is 20.7. The average Bonchev–Trinajstić information content (AvgIpc) is 3.43. The summed E-state index contributed by atoms with van der Waals surface area (Å²) >= 11 is 1.42. The summed E-state index contributed by atoms with van der Waals surface area (Å²) in [7, 11) is 0. The van der Waals surface area contributed by atoms with Gasteiger partial charge in [-0.05, 0) is 40.5 Å². The monoisotopic (exact) mass is 497 g/mol. The number of nitrogens with one attached hydrogen (secondary N) is 1. The van der Waals surface area contributed by atoms with Crippen LogP contribution in [0.25, 0.3) is 10.8 Å². The lowest BCUT2D eigenvalue weighted by Crippen LogP contribution is -2.34. The fourth-order valence-corrected chi connectivity index (χ4v) is 5.59. The van der Waals surface area contributed by atoms with E-state index in [-0.39, 0.29) is 12.0 Å². The van der Waals surface area contributed by atoms with Crippen LogP contribution in [0.4, 0.5) is 0 Å². The van der Waals surface area contributed by atoms with E-state index in [4.69, 9.17) is 9.47 Å². The van der Waals surface area contributed by atoms with Crippen LogP contribution in [0.3, 0.4) is 0 Å². The summed E-state index contributed by atoms with van der Waals surface area (Å²) in [5, 5.41) is 8.16. The molecule has 36 heavy (non-hydrogen) atoms. The third-order valence-corrected chi connectivity index (χ3v) is 7.53. The fraction of sp³-hybridized carbons (Fsp3) is 0.241. The molecule has 0 radical (unpaired) electrons. The third kappa shape index (κ3) is 4.85. The lowest BCUT2D eigenvalue weighted by atomic mass is 10.0. The molecule has 0 aliphatic carbocycles. The van der Waals surface area contributed by atoms with Gasteiger partial charge >= 0.3 is 0 Å². The number of benzene rings is 3. The van der Waals surface area contributed by atoms with E-state index in [0.717, 1.165) is 36.8 Å². The van der Waals surface area contributed by atoms with Crippen LogP contribution in [-0.2, 0) is 6.54 Å². The molecule has 2 aliphatic heterocycles. The SMILES string of the molecule is O=C(NCC1=CCCN(Cc2cccc3ccccc23)C1)c1csc(C2COc3ccccc3O2)n1. The number of carbonyl (C=O) groups excluding carboxylic acids is 1. The Bertz CT molecular complexity index is 1420. The average molecular weight is 498 g/mol. The van der Waals surface area contributed by atoms with Gasteiger partial charge in [0.25, 0.3) is 5.91 Å². The first-order chi connectivity index (χ1) is 17.7. The van der Waals surface area contributed by atoms with Crippen LogP contribution in [0, 0.1) is 0 Å². The second-order valence-electron chi connectivity index (χ2n) is 9.12. The summed E-state index contributed by atoms with van der Waals surface area (Å²) in [6.45, 7) is 3.66. The first-order valence-corrected chi connectivity index (χ1v) is 13.1. The molecule has 2 aliphatic rings. The molecule has 6 nitrogen and oxygen atoms in total. The maximum absolute atomic E-state index is 12.8. The van der Waals surface area contributed by atoms with Gasteiger partial charge in [-0.3, -0.25) is 9.69 Å². The van der Waals surface area contributed by atoms with Crippen LogP contribution < -0.4 is 14.8 Å². The first kappa shape index (κ1) is 22.8. The predicted molar refractivity (Wildman–Crippen MR) is 142 cm³/mol. The van der Waals surface area contributed by atoms with Gasteiger partial charge in [-0.2, -0.15) is 0 Å². The van der Waals surface area contributed by atoms with E-state index in [1.807, 2.05) is 24.3 Å². The molecular formula is C29H27N3O3S. The van der Waals surface area contributed by atoms with E-state index >= 15 is 0 Å². The Balaban J connectivity index is 1.04. The zero-order valence-electron chi connectivity index (χ0n) is 19.9. The molecule has 0 fully saturated rings. The lowest BCUT2D eigenvalue weighted by Gasteiger charge is -2.28. The molecule has 7 heteroatoms. The first-order valence-electron chi connectivity index (χ1n) is 12.2. The Morgan fingerprint density at radius 3 is 2.83 bits per heavy atom. The van der Waals surface area contributed by atoms with Gasteiger partial charge in [-0.25, -0.2) is 4.98 Å². The number of hydrogen-bond acceptors (Lipinski definition) is 6. The number of carbonyl (C=O) groups is 1. The maximum atomic E-state index is 12.8. The van der Waals surface area contributed by atoms with Crippen LogP contribution in [0.15, 0.2) is 83.8 Å². The van der Waals surface area contributed by atoms with E-state index < -0.39 is 0 Å². The van der Waals surface area contributed by atoms with Crippen molar-refractivity contribution in [3.05, 3.63) is 100 Å². The number of fused-ring (bicyclic) bond motifs is 2. The highest BCUT2D eigenvalue weighted by molar-refractivity contribution is 7.09. The van der Waals surface area contributed by atoms with Crippen LogP contribution in [-0.4, -0.2) is 42.0 Å². The summed E-state index contributed by atoms with van der Waals surface area (Å²) < 4.78 is 11.8. The largest absolute Gasteiger partial charge is 0.485 e. The van der Waals surface area contributed by atoms with Crippen molar-refractivity contribution in [2.75, 3.05) is 26.2 Å². The van der Waals surface area contributed by atoms with Crippen molar-refractivity contribution in [2.24, 2.45) is 0 Å². The summed E-state index contributed by atoms with van der Waals surface area (Å²) in [5.74, 6) is 1.27. The fourth-order valence-electron chi connectivity index (χ4n) is 4.78. The van der Waals surface area contributed by atoms with Crippen molar-refractivity contribution in [3.63, 3.8) is 0 Å². The quantitative estimate of drug-likeness (QED) is 0.363. The summed E-state index contributed by atoms with van der Waals surface area (Å²) in [6, 6.07) is 22.6. The minimum absolute atomic E-state index is 0.165. The van der Waals surface area contributed by atoms with Gasteiger partial charge in [0.2, 0.25) is 0 Å². The normalized spacial score (nSPS) is 17.6. The number of nitrogens with zero attached hydrogens (tertiary/aromatic N) is 2. The summed E-state index contributed by atoms with van der Waals surface area (Å²) in [6.07, 6.45) is 2.92. The van der Waals surface area contributed by atoms with Gasteiger partial charge in [0.05, 0.1) is 0 Å². The molecule has 1 N–H and O–H groups in total. The third-order valence-electron chi connectivity index (χ3n) is 6.59. The highest BCUT2D eigenvalue weighted by Crippen LogP contribution is 2.36. The van der Waals surface area contributed by atoms with Gasteiger partial charge in [0.1, 0.15) is 17.3 Å². The van der Waals surface area contributed by atoms with E-state index in [1.165, 1.54) is 33.2 Å². The van der Waals surface area contributed by atoms with Crippen molar-refractivity contribution in [3.8, 4) is 11.5 Å². The van der Waals surface area contributed by atoms with E-state index in [0.29, 0.717) is 24.6 Å². The van der Waals surface area contributed by atoms with Crippen LogP contribution in [0.2, 0.25) is 0 Å². The Kier molecular flexibility index (Phi) is 6.40. The highest BCUT2D eigenvalue weighted by atomic mass is 32.1. The van der Waals surface area contributed by atoms with Crippen molar-refractivity contribution >= 4 is 28.0 Å². The number of aromatic nitrogens is 1. The summed E-state index contributed by atoms with van der Waals surface area (Å²) in [5.41, 5.74) is 2.98. The molecule has 182 valence electrons. The highest BCUT2D eigenvalue weighted by Gasteiger charge is 2.26. The lowest BCUT2D eigenvalue weighted by molar-refractivity contribution is 0.0899. The molecule has 0 bridgehead atoms. The Hall–Kier alpha value is -3.68. The molecular weight excluding hydrogens is 470 g/mol. The predicted octanol–water partition coefficient (Wildman–Crippen LogP) is 5.37. The number of thiazole rings is 1. The smallest absolute Gasteiger partial charge is 0.271 e. The molecule has 0 spiro atoms. The topological polar surface area (TPSA) is 63.7 Å². The number of ether oxygens (including phenoxy) is 2. The second-order valence-corrected chi connectivity index (χ2v) is 10.0. The minimum Gasteiger partial charge on any atom is -0.485 e. The van der Waals surface area contributed by atoms with Crippen molar-refractivity contribution in [1.29, 1.82) is 0 Å². The molecule has 6 rings (SSSR count). The number of para-hydroxylation sites is 2. The Labute approximate surface area is 214 Å². The molecule has 1 atom stereocenters. The van der Waals surface area contributed by atoms with Crippen LogP contribution in [0.1, 0.15) is 33.6 Å². The summed E-state index contributed by atoms with van der Waals surface area (Å²) in [4.78, 5) is 19.8. The molecule has 1 aromatic heterocycles. The minimum atomic E-state index is -0.310. The molecule has 0 saturated heterocycles. The van der Waals surface area contributed by atoms with Crippen molar-refractivity contribution < 1.29 is 14.3 Å². The number of amides is 1. The van der Waals surface area contributed by atoms with Gasteiger partial charge in [0.15, 0.2) is 17.6 Å². The molecule has 3 heterocycles. The van der Waals surface area contributed by atoms with Gasteiger partial charge in [0, 0.05) is 31.6 Å². The zero-order chi connectivity index (χ0) is 24.3. The molecule has 3 aromatic carbocycles. The van der Waals surface area contributed by atoms with Gasteiger partial charge in [-0.15, -0.1) is 11.3 Å². The number of hydrogen-bond donors (Lipinski definition) is 1. The van der Waals surface area contributed by atoms with Crippen molar-refractivity contribution in [1.82, 2.24) is 15.2 Å². The Morgan fingerprint density at radius 2 is 1.89 bits per heavy atom. The van der Waals surface area contributed by atoms with Crippen molar-refractivity contribution in [2.45, 2.75) is 19.1 Å². The number of rotatable bonds is 6. The van der Waals surface area contributed by atoms with E-state index in [1.54, 1.807) is 5.38 Å². The van der Waals surface area contributed by atoms with Gasteiger partial charge < -0.3 is 14.8 Å².